The molecule has 0 aromatic heterocycles. The number of carbonyl (C=O) groups excluding carboxylic acids is 2. The van der Waals surface area contributed by atoms with Gasteiger partial charge in [0.15, 0.2) is 0 Å². The molecule has 0 fully saturated rings. The number of ether oxygens (including phenoxy) is 2. The van der Waals surface area contributed by atoms with E-state index in [1.54, 1.807) is 25.1 Å². The van der Waals surface area contributed by atoms with Gasteiger partial charge in [0.1, 0.15) is 18.5 Å². The Balaban J connectivity index is 1.99. The second-order valence-corrected chi connectivity index (χ2v) is 6.47. The number of allylic oxidation sites excluding steroid dienone is 3. The van der Waals surface area contributed by atoms with E-state index in [1.165, 1.54) is 11.1 Å². The van der Waals surface area contributed by atoms with Crippen molar-refractivity contribution in [2.75, 3.05) is 6.61 Å². The number of carbonyl (C=O) groups is 2. The molecule has 0 amide bonds. The van der Waals surface area contributed by atoms with Crippen molar-refractivity contribution in [2.24, 2.45) is 0 Å². The zero-order valence-corrected chi connectivity index (χ0v) is 15.7. The van der Waals surface area contributed by atoms with E-state index in [0.717, 1.165) is 12.8 Å². The summed E-state index contributed by atoms with van der Waals surface area (Å²) in [5, 5.41) is 0. The summed E-state index contributed by atoms with van der Waals surface area (Å²) in [7, 11) is 0. The van der Waals surface area contributed by atoms with Crippen molar-refractivity contribution in [2.45, 2.75) is 46.6 Å². The van der Waals surface area contributed by atoms with Crippen LogP contribution in [0.25, 0.3) is 0 Å². The predicted octanol–water partition coefficient (Wildman–Crippen LogP) is 4.50. The lowest BCUT2D eigenvalue weighted by atomic mass is 10.1. The van der Waals surface area contributed by atoms with Gasteiger partial charge in [-0.1, -0.05) is 23.1 Å². The molecule has 0 radical (unpaired) electrons. The molecule has 136 valence electrons. The van der Waals surface area contributed by atoms with Crippen LogP contribution >= 0.6 is 0 Å². The molecule has 0 saturated carbocycles. The lowest BCUT2D eigenvalue weighted by Crippen LogP contribution is -2.23. The van der Waals surface area contributed by atoms with Crippen molar-refractivity contribution in [1.29, 1.82) is 0 Å². The zero-order chi connectivity index (χ0) is 19.1. The van der Waals surface area contributed by atoms with Gasteiger partial charge < -0.3 is 9.47 Å². The number of benzene rings is 1. The average Bonchev–Trinajstić information content (AvgIpc) is 2.83. The Labute approximate surface area is 154 Å². The van der Waals surface area contributed by atoms with E-state index in [9.17, 15) is 9.59 Å². The maximum absolute atomic E-state index is 12.3. The molecule has 0 saturated heterocycles. The first-order chi connectivity index (χ1) is 12.4. The van der Waals surface area contributed by atoms with Crippen LogP contribution in [-0.4, -0.2) is 24.3 Å². The summed E-state index contributed by atoms with van der Waals surface area (Å²) < 4.78 is 10.8. The molecule has 1 aliphatic carbocycles. The molecule has 0 aliphatic heterocycles. The minimum Gasteiger partial charge on any atom is -0.490 e. The quantitative estimate of drug-likeness (QED) is 0.412. The third-order valence-electron chi connectivity index (χ3n) is 4.05. The summed E-state index contributed by atoms with van der Waals surface area (Å²) in [6.07, 6.45) is 7.42. The van der Waals surface area contributed by atoms with Crippen LogP contribution in [0, 0.1) is 12.0 Å². The SMILES string of the molecule is CC#COC1C(=O)c2ccc(OC/C=C(\C)CCC=C(C)C)cc2C1=O. The minimum atomic E-state index is -1.16. The topological polar surface area (TPSA) is 52.6 Å². The highest BCUT2D eigenvalue weighted by Gasteiger charge is 2.40. The third-order valence-corrected chi connectivity index (χ3v) is 4.05. The molecule has 1 unspecified atom stereocenters. The first-order valence-electron chi connectivity index (χ1n) is 8.65. The second-order valence-electron chi connectivity index (χ2n) is 6.47. The summed E-state index contributed by atoms with van der Waals surface area (Å²) in [5.41, 5.74) is 3.26. The molecule has 1 aliphatic rings. The van der Waals surface area contributed by atoms with Crippen molar-refractivity contribution in [3.8, 4) is 17.8 Å². The zero-order valence-electron chi connectivity index (χ0n) is 15.7. The van der Waals surface area contributed by atoms with Crippen molar-refractivity contribution in [1.82, 2.24) is 0 Å². The van der Waals surface area contributed by atoms with E-state index in [-0.39, 0.29) is 11.6 Å². The largest absolute Gasteiger partial charge is 0.490 e. The maximum atomic E-state index is 12.3. The van der Waals surface area contributed by atoms with E-state index in [1.807, 2.05) is 6.08 Å². The Morgan fingerprint density at radius 2 is 1.85 bits per heavy atom. The highest BCUT2D eigenvalue weighted by Crippen LogP contribution is 2.28. The lowest BCUT2D eigenvalue weighted by Gasteiger charge is -2.06. The Morgan fingerprint density at radius 3 is 2.54 bits per heavy atom. The molecule has 0 bridgehead atoms. The van der Waals surface area contributed by atoms with Crippen LogP contribution < -0.4 is 4.74 Å². The monoisotopic (exact) mass is 352 g/mol. The van der Waals surface area contributed by atoms with Gasteiger partial charge in [0.05, 0.1) is 0 Å². The van der Waals surface area contributed by atoms with Gasteiger partial charge in [-0.05, 0) is 57.9 Å². The highest BCUT2D eigenvalue weighted by atomic mass is 16.5. The van der Waals surface area contributed by atoms with Gasteiger partial charge >= 0.3 is 0 Å². The Hall–Kier alpha value is -2.80. The van der Waals surface area contributed by atoms with E-state index in [4.69, 9.17) is 9.47 Å². The van der Waals surface area contributed by atoms with E-state index < -0.39 is 6.10 Å². The van der Waals surface area contributed by atoms with Crippen LogP contribution in [0.5, 0.6) is 5.75 Å². The van der Waals surface area contributed by atoms with E-state index in [0.29, 0.717) is 23.5 Å². The molecule has 1 aromatic rings. The minimum absolute atomic E-state index is 0.333. The molecule has 2 rings (SSSR count). The number of rotatable bonds is 7. The van der Waals surface area contributed by atoms with Gasteiger partial charge in [0.2, 0.25) is 17.7 Å². The number of fused-ring (bicyclic) bond motifs is 1. The van der Waals surface area contributed by atoms with Crippen molar-refractivity contribution in [3.05, 3.63) is 52.6 Å². The second kappa shape index (κ2) is 9.05. The van der Waals surface area contributed by atoms with E-state index >= 15 is 0 Å². The van der Waals surface area contributed by atoms with Crippen LogP contribution in [0.15, 0.2) is 41.5 Å². The van der Waals surface area contributed by atoms with Crippen LogP contribution in [0.4, 0.5) is 0 Å². The Kier molecular flexibility index (Phi) is 6.80. The van der Waals surface area contributed by atoms with Gasteiger partial charge in [-0.25, -0.2) is 0 Å². The van der Waals surface area contributed by atoms with Gasteiger partial charge in [-0.2, -0.15) is 0 Å². The molecule has 0 spiro atoms. The summed E-state index contributed by atoms with van der Waals surface area (Å²) in [5.74, 6) is 2.36. The van der Waals surface area contributed by atoms with Crippen molar-refractivity contribution in [3.63, 3.8) is 0 Å². The molecule has 1 atom stereocenters. The van der Waals surface area contributed by atoms with Crippen molar-refractivity contribution < 1.29 is 19.1 Å². The molecular weight excluding hydrogens is 328 g/mol. The smallest absolute Gasteiger partial charge is 0.235 e. The fourth-order valence-corrected chi connectivity index (χ4v) is 2.63. The van der Waals surface area contributed by atoms with Crippen LogP contribution in [-0.2, 0) is 4.74 Å². The first-order valence-corrected chi connectivity index (χ1v) is 8.65. The van der Waals surface area contributed by atoms with Crippen LogP contribution in [0.3, 0.4) is 0 Å². The number of hydrogen-bond donors (Lipinski definition) is 0. The number of ketones is 2. The molecule has 4 nitrogen and oxygen atoms in total. The molecule has 4 heteroatoms. The van der Waals surface area contributed by atoms with Gasteiger partial charge in [0, 0.05) is 18.1 Å². The van der Waals surface area contributed by atoms with Gasteiger partial charge in [0.25, 0.3) is 0 Å². The standard InChI is InChI=1S/C22H24O4/c1-5-12-26-22-20(23)18-10-9-17(14-19(18)21(22)24)25-13-11-16(4)8-6-7-15(2)3/h7,9-11,14,22H,6,8,13H2,1-4H3/b16-11+. The maximum Gasteiger partial charge on any atom is 0.235 e. The fourth-order valence-electron chi connectivity index (χ4n) is 2.63. The predicted molar refractivity (Wildman–Crippen MR) is 101 cm³/mol. The fraction of sp³-hybridized carbons (Fsp3) is 0.364. The summed E-state index contributed by atoms with van der Waals surface area (Å²) >= 11 is 0. The molecule has 1 aromatic carbocycles. The number of hydrogen-bond acceptors (Lipinski definition) is 4. The lowest BCUT2D eigenvalue weighted by molar-refractivity contribution is 0.0659. The van der Waals surface area contributed by atoms with Crippen LogP contribution in [0.2, 0.25) is 0 Å². The summed E-state index contributed by atoms with van der Waals surface area (Å²) in [4.78, 5) is 24.5. The molecule has 0 N–H and O–H groups in total. The number of Topliss-reactive ketones (excluding diaryl/α,β-unsaturated/α-hetero) is 2. The Morgan fingerprint density at radius 1 is 1.12 bits per heavy atom. The van der Waals surface area contributed by atoms with Crippen molar-refractivity contribution >= 4 is 11.6 Å². The first kappa shape index (κ1) is 19.5. The molecule has 0 heterocycles. The average molecular weight is 352 g/mol. The highest BCUT2D eigenvalue weighted by molar-refractivity contribution is 6.28. The van der Waals surface area contributed by atoms with Crippen LogP contribution in [0.1, 0.15) is 61.3 Å². The van der Waals surface area contributed by atoms with Gasteiger partial charge in [-0.15, -0.1) is 0 Å². The molecule has 26 heavy (non-hydrogen) atoms. The van der Waals surface area contributed by atoms with Gasteiger partial charge in [-0.3, -0.25) is 9.59 Å². The summed E-state index contributed by atoms with van der Waals surface area (Å²) in [6, 6.07) is 4.91. The molecular formula is C22H24O4. The third kappa shape index (κ3) is 4.86. The summed E-state index contributed by atoms with van der Waals surface area (Å²) in [6.45, 7) is 8.25. The van der Waals surface area contributed by atoms with E-state index in [2.05, 4.69) is 38.9 Å². The Bertz CT molecular complexity index is 814. The normalized spacial score (nSPS) is 15.8.